The molecular weight excluding hydrogens is 508 g/mol. The number of fused-ring (bicyclic) bond motifs is 4. The summed E-state index contributed by atoms with van der Waals surface area (Å²) in [4.78, 5) is 0. The Kier molecular flexibility index (Phi) is 4.65. The van der Waals surface area contributed by atoms with Crippen LogP contribution in [0.2, 0.25) is 0 Å². The average molecular weight is 526 g/mol. The number of imidazole rings is 1. The van der Waals surface area contributed by atoms with Crippen LogP contribution in [0.25, 0.3) is 33.9 Å². The van der Waals surface area contributed by atoms with E-state index in [-0.39, 0.29) is 20.1 Å². The van der Waals surface area contributed by atoms with E-state index in [9.17, 15) is 0 Å². The Bertz CT molecular complexity index is 1200. The van der Waals surface area contributed by atoms with Gasteiger partial charge >= 0.3 is 0 Å². The first kappa shape index (κ1) is 17.7. The van der Waals surface area contributed by atoms with E-state index in [1.54, 1.807) is 0 Å². The van der Waals surface area contributed by atoms with Crippen molar-refractivity contribution in [2.75, 3.05) is 0 Å². The van der Waals surface area contributed by atoms with Crippen molar-refractivity contribution in [3.8, 4) is 11.1 Å². The molecule has 5 rings (SSSR count). The number of benzene rings is 3. The van der Waals surface area contributed by atoms with E-state index in [1.165, 1.54) is 16.7 Å². The maximum absolute atomic E-state index is 3.49. The van der Waals surface area contributed by atoms with Gasteiger partial charge in [-0.1, -0.05) is 83.6 Å². The standard InChI is InChI=1S/C24H17N2.Ir/c1-25-17-26(24-15-7-6-14-23(24)25)22-16-8-10-18-9-2-3-11-19(18)20-12-4-5-13-21(20)22;/h2-15H,1H3;/q-1;/b10-8-,18-10?,20-19?,22-21?;. The normalized spacial score (nSPS) is 13.6. The van der Waals surface area contributed by atoms with E-state index in [0.717, 1.165) is 22.3 Å². The van der Waals surface area contributed by atoms with E-state index < -0.39 is 0 Å². The van der Waals surface area contributed by atoms with Crippen LogP contribution < -0.4 is 4.57 Å². The van der Waals surface area contributed by atoms with E-state index in [4.69, 9.17) is 0 Å². The minimum Gasteiger partial charge on any atom is -0.341 e. The van der Waals surface area contributed by atoms with Crippen LogP contribution in [0.4, 0.5) is 0 Å². The molecule has 0 bridgehead atoms. The molecule has 0 N–H and O–H groups in total. The Morgan fingerprint density at radius 3 is 2.30 bits per heavy atom. The van der Waals surface area contributed by atoms with Gasteiger partial charge in [-0.2, -0.15) is 18.2 Å². The topological polar surface area (TPSA) is 8.81 Å². The molecule has 1 aliphatic carbocycles. The third-order valence-electron chi connectivity index (χ3n) is 4.87. The molecule has 0 aliphatic heterocycles. The van der Waals surface area contributed by atoms with Gasteiger partial charge in [0.2, 0.25) is 6.33 Å². The molecule has 1 aliphatic rings. The van der Waals surface area contributed by atoms with Gasteiger partial charge in [0.15, 0.2) is 0 Å². The Morgan fingerprint density at radius 1 is 0.778 bits per heavy atom. The Labute approximate surface area is 172 Å². The van der Waals surface area contributed by atoms with Gasteiger partial charge in [-0.3, -0.25) is 0 Å². The Balaban J connectivity index is 0.00000180. The zero-order valence-electron chi connectivity index (χ0n) is 14.8. The van der Waals surface area contributed by atoms with Gasteiger partial charge in [0, 0.05) is 20.1 Å². The summed E-state index contributed by atoms with van der Waals surface area (Å²) < 4.78 is 4.13. The SMILES string of the molecule is Cn1[c-][n+](C2=[C-]/C=C\c3ccccc3-c3ccccc32)c2ccccc21.[Ir]. The van der Waals surface area contributed by atoms with E-state index in [1.807, 2.05) is 17.7 Å². The van der Waals surface area contributed by atoms with Gasteiger partial charge in [-0.15, -0.1) is 11.6 Å². The molecule has 0 amide bonds. The molecule has 0 fully saturated rings. The van der Waals surface area contributed by atoms with Crippen LogP contribution in [0.3, 0.4) is 0 Å². The second-order valence-electron chi connectivity index (χ2n) is 6.44. The quantitative estimate of drug-likeness (QED) is 0.253. The summed E-state index contributed by atoms with van der Waals surface area (Å²) in [5.74, 6) is 0. The molecule has 0 unspecified atom stereocenters. The molecule has 133 valence electrons. The van der Waals surface area contributed by atoms with Crippen LogP contribution in [0.1, 0.15) is 11.1 Å². The van der Waals surface area contributed by atoms with Crippen molar-refractivity contribution >= 4 is 22.8 Å². The number of allylic oxidation sites excluding steroid dienone is 2. The summed E-state index contributed by atoms with van der Waals surface area (Å²) in [6.07, 6.45) is 11.1. The van der Waals surface area contributed by atoms with Gasteiger partial charge in [-0.25, -0.2) is 0 Å². The van der Waals surface area contributed by atoms with Gasteiger partial charge in [-0.05, 0) is 5.56 Å². The molecule has 4 aromatic rings. The molecule has 0 spiro atoms. The van der Waals surface area contributed by atoms with E-state index >= 15 is 0 Å². The Morgan fingerprint density at radius 2 is 1.44 bits per heavy atom. The number of aromatic nitrogens is 2. The van der Waals surface area contributed by atoms with E-state index in [2.05, 4.69) is 95.8 Å². The number of aryl methyl sites for hydroxylation is 1. The minimum absolute atomic E-state index is 0. The van der Waals surface area contributed by atoms with Crippen molar-refractivity contribution in [2.45, 2.75) is 0 Å². The molecular formula is C24H17IrN2-. The van der Waals surface area contributed by atoms with E-state index in [0.29, 0.717) is 0 Å². The fraction of sp³-hybridized carbons (Fsp3) is 0.0417. The molecule has 2 nitrogen and oxygen atoms in total. The summed E-state index contributed by atoms with van der Waals surface area (Å²) in [5.41, 5.74) is 8.08. The molecule has 1 radical (unpaired) electrons. The zero-order chi connectivity index (χ0) is 17.5. The predicted octanol–water partition coefficient (Wildman–Crippen LogP) is 4.65. The summed E-state index contributed by atoms with van der Waals surface area (Å²) in [5, 5.41) is 0. The molecule has 0 saturated carbocycles. The molecule has 3 heteroatoms. The molecule has 1 heterocycles. The largest absolute Gasteiger partial charge is 0.341 e. The van der Waals surface area contributed by atoms with Gasteiger partial charge < -0.3 is 9.13 Å². The number of rotatable bonds is 1. The van der Waals surface area contributed by atoms with Crippen molar-refractivity contribution in [1.29, 1.82) is 0 Å². The van der Waals surface area contributed by atoms with Gasteiger partial charge in [0.25, 0.3) is 0 Å². The Hall–Kier alpha value is -2.74. The van der Waals surface area contributed by atoms with Crippen LogP contribution >= 0.6 is 0 Å². The van der Waals surface area contributed by atoms with Crippen molar-refractivity contribution in [3.05, 3.63) is 102 Å². The maximum atomic E-state index is 3.49. The first-order valence-corrected chi connectivity index (χ1v) is 8.71. The van der Waals surface area contributed by atoms with Gasteiger partial charge in [0.1, 0.15) is 0 Å². The molecule has 0 atom stereocenters. The third-order valence-corrected chi connectivity index (χ3v) is 4.87. The van der Waals surface area contributed by atoms with Crippen molar-refractivity contribution < 1.29 is 24.7 Å². The monoisotopic (exact) mass is 526 g/mol. The summed E-state index contributed by atoms with van der Waals surface area (Å²) in [6, 6.07) is 25.4. The van der Waals surface area contributed by atoms with Crippen molar-refractivity contribution in [2.24, 2.45) is 7.05 Å². The number of nitrogens with zero attached hydrogens (tertiary/aromatic N) is 2. The predicted molar refractivity (Wildman–Crippen MR) is 105 cm³/mol. The number of hydrogen-bond donors (Lipinski definition) is 0. The van der Waals surface area contributed by atoms with Gasteiger partial charge in [0.05, 0.1) is 18.1 Å². The van der Waals surface area contributed by atoms with Crippen LogP contribution in [0.15, 0.2) is 78.9 Å². The summed E-state index contributed by atoms with van der Waals surface area (Å²) in [7, 11) is 2.03. The second-order valence-corrected chi connectivity index (χ2v) is 6.44. The minimum atomic E-state index is 0. The third kappa shape index (κ3) is 2.90. The smallest absolute Gasteiger partial charge is 0.242 e. The maximum Gasteiger partial charge on any atom is 0.242 e. The van der Waals surface area contributed by atoms with Crippen LogP contribution in [0, 0.1) is 12.4 Å². The first-order valence-electron chi connectivity index (χ1n) is 8.71. The van der Waals surface area contributed by atoms with Crippen LogP contribution in [-0.4, -0.2) is 4.57 Å². The summed E-state index contributed by atoms with van der Waals surface area (Å²) in [6.45, 7) is 0. The average Bonchev–Trinajstić information content (AvgIpc) is 3.01. The number of hydrogen-bond acceptors (Lipinski definition) is 0. The van der Waals surface area contributed by atoms with Crippen LogP contribution in [-0.2, 0) is 27.2 Å². The van der Waals surface area contributed by atoms with Crippen LogP contribution in [0.5, 0.6) is 0 Å². The van der Waals surface area contributed by atoms with Crippen molar-refractivity contribution in [1.82, 2.24) is 4.57 Å². The second kappa shape index (κ2) is 7.11. The molecule has 27 heavy (non-hydrogen) atoms. The fourth-order valence-electron chi connectivity index (χ4n) is 3.65. The summed E-state index contributed by atoms with van der Waals surface area (Å²) >= 11 is 0. The molecule has 0 saturated heterocycles. The number of para-hydroxylation sites is 2. The fourth-order valence-corrected chi connectivity index (χ4v) is 3.65. The van der Waals surface area contributed by atoms with Crippen molar-refractivity contribution in [3.63, 3.8) is 0 Å². The zero-order valence-corrected chi connectivity index (χ0v) is 17.2. The molecule has 1 aromatic heterocycles. The first-order chi connectivity index (χ1) is 12.8. The molecule has 3 aromatic carbocycles.